The molecule has 34 heavy (non-hydrogen) atoms. The predicted molar refractivity (Wildman–Crippen MR) is 134 cm³/mol. The quantitative estimate of drug-likeness (QED) is 0.374. The Balaban J connectivity index is 1.59. The van der Waals surface area contributed by atoms with Crippen LogP contribution in [-0.2, 0) is 25.7 Å². The molecule has 3 aliphatic heterocycles. The van der Waals surface area contributed by atoms with Crippen LogP contribution in [0.3, 0.4) is 0 Å². The lowest BCUT2D eigenvalue weighted by molar-refractivity contribution is -0.157. The number of cyclic esters (lactones) is 1. The van der Waals surface area contributed by atoms with Gasteiger partial charge in [0.1, 0.15) is 33.4 Å². The van der Waals surface area contributed by atoms with E-state index in [1.807, 2.05) is 24.5 Å². The molecule has 8 nitrogen and oxygen atoms in total. The third-order valence-corrected chi connectivity index (χ3v) is 8.40. The van der Waals surface area contributed by atoms with Crippen LogP contribution in [0.15, 0.2) is 22.5 Å². The van der Waals surface area contributed by atoms with Crippen molar-refractivity contribution in [3.8, 4) is 0 Å². The summed E-state index contributed by atoms with van der Waals surface area (Å²) in [7, 11) is 0. The van der Waals surface area contributed by atoms with Gasteiger partial charge >= 0.3 is 5.97 Å². The number of aliphatic imine (C=N–C) groups is 1. The molecule has 0 aromatic carbocycles. The molecule has 4 rings (SSSR count). The molecule has 1 saturated heterocycles. The van der Waals surface area contributed by atoms with Gasteiger partial charge in [-0.3, -0.25) is 14.6 Å². The van der Waals surface area contributed by atoms with E-state index in [-0.39, 0.29) is 18.2 Å². The van der Waals surface area contributed by atoms with Crippen LogP contribution in [0.4, 0.5) is 0 Å². The highest BCUT2D eigenvalue weighted by Gasteiger charge is 2.46. The van der Waals surface area contributed by atoms with Crippen LogP contribution in [0, 0.1) is 0 Å². The number of ether oxygens (including phenoxy) is 1. The topological polar surface area (TPSA) is 101 Å². The molecule has 3 atom stereocenters. The zero-order valence-electron chi connectivity index (χ0n) is 19.7. The molecule has 1 aromatic rings. The Morgan fingerprint density at radius 3 is 3.00 bits per heavy atom. The van der Waals surface area contributed by atoms with Crippen LogP contribution < -0.4 is 5.32 Å². The number of allylic oxidation sites excluding steroid dienone is 1. The molecule has 184 valence electrons. The molecule has 1 N–H and O–H groups in total. The summed E-state index contributed by atoms with van der Waals surface area (Å²) in [5.74, 6) is -0.303. The smallest absolute Gasteiger partial charge is 0.329 e. The maximum Gasteiger partial charge on any atom is 0.329 e. The second kappa shape index (κ2) is 11.0. The summed E-state index contributed by atoms with van der Waals surface area (Å²) in [6.45, 7) is 4.78. The van der Waals surface area contributed by atoms with Crippen molar-refractivity contribution in [1.82, 2.24) is 15.2 Å². The number of hydrogen-bond donors (Lipinski definition) is 1. The largest absolute Gasteiger partial charge is 0.456 e. The van der Waals surface area contributed by atoms with Crippen molar-refractivity contribution in [2.75, 3.05) is 12.3 Å². The third-order valence-electron chi connectivity index (χ3n) is 6.27. The van der Waals surface area contributed by atoms with Crippen LogP contribution in [0.5, 0.6) is 0 Å². The molecule has 0 radical (unpaired) electrons. The van der Waals surface area contributed by atoms with E-state index in [2.05, 4.69) is 17.2 Å². The highest BCUT2D eigenvalue weighted by atomic mass is 32.2. The van der Waals surface area contributed by atoms with E-state index in [1.165, 1.54) is 23.1 Å². The fourth-order valence-corrected chi connectivity index (χ4v) is 6.28. The van der Waals surface area contributed by atoms with Crippen LogP contribution >= 0.6 is 23.1 Å². The van der Waals surface area contributed by atoms with E-state index in [4.69, 9.17) is 9.73 Å². The van der Waals surface area contributed by atoms with Gasteiger partial charge in [0.2, 0.25) is 5.91 Å². The first-order valence-corrected chi connectivity index (χ1v) is 13.9. The van der Waals surface area contributed by atoms with Crippen LogP contribution in [0.2, 0.25) is 0 Å². The summed E-state index contributed by atoms with van der Waals surface area (Å²) in [4.78, 5) is 50.3. The van der Waals surface area contributed by atoms with Crippen molar-refractivity contribution in [3.05, 3.63) is 28.2 Å². The molecule has 0 aliphatic carbocycles. The molecule has 2 amide bonds. The molecule has 4 heterocycles. The molecule has 1 aromatic heterocycles. The average Bonchev–Trinajstić information content (AvgIpc) is 3.56. The monoisotopic (exact) mass is 504 g/mol. The van der Waals surface area contributed by atoms with Gasteiger partial charge in [-0.25, -0.2) is 9.78 Å². The highest BCUT2D eigenvalue weighted by molar-refractivity contribution is 8.14. The number of carbonyl (C=O) groups excluding carboxylic acids is 3. The summed E-state index contributed by atoms with van der Waals surface area (Å²) < 4.78 is 5.80. The summed E-state index contributed by atoms with van der Waals surface area (Å²) in [6, 6.07) is -0.647. The number of hydrogen-bond acceptors (Lipinski definition) is 8. The number of nitrogens with zero attached hydrogens (tertiary/aromatic N) is 3. The fraction of sp³-hybridized carbons (Fsp3) is 0.625. The third kappa shape index (κ3) is 5.71. The fourth-order valence-electron chi connectivity index (χ4n) is 4.36. The zero-order chi connectivity index (χ0) is 24.1. The number of esters is 1. The van der Waals surface area contributed by atoms with Gasteiger partial charge in [-0.05, 0) is 38.7 Å². The van der Waals surface area contributed by atoms with Gasteiger partial charge in [-0.1, -0.05) is 25.8 Å². The maximum atomic E-state index is 13.5. The minimum atomic E-state index is -0.934. The first kappa shape index (κ1) is 24.9. The Labute approximate surface area is 208 Å². The first-order chi connectivity index (χ1) is 16.4. The normalized spacial score (nSPS) is 28.1. The zero-order valence-corrected chi connectivity index (χ0v) is 21.4. The Bertz CT molecular complexity index is 991. The van der Waals surface area contributed by atoms with Crippen LogP contribution in [0.1, 0.15) is 69.5 Å². The van der Waals surface area contributed by atoms with Gasteiger partial charge in [0.25, 0.3) is 5.91 Å². The SMILES string of the molecule is CCCCCC=CC1CC(=O)NCc2nc(cs2)C2=NC(C)(CS2)C(=O)N2CCCC2C(=O)O1. The van der Waals surface area contributed by atoms with E-state index >= 15 is 0 Å². The standard InChI is InChI=1S/C24H32N4O4S2/c1-3-4-5-6-7-9-16-12-19(29)25-13-20-26-17(14-33-20)21-27-24(2,15-34-21)23(31)28-11-8-10-18(28)22(30)32-16/h7,9,14,16,18H,3-6,8,10-13,15H2,1-2H3,(H,25,29). The molecule has 10 heteroatoms. The first-order valence-electron chi connectivity index (χ1n) is 12.0. The molecule has 3 aliphatic rings. The molecule has 3 unspecified atom stereocenters. The lowest BCUT2D eigenvalue weighted by Crippen LogP contribution is -2.51. The Hall–Kier alpha value is -2.20. The average molecular weight is 505 g/mol. The van der Waals surface area contributed by atoms with Crippen molar-refractivity contribution in [2.45, 2.75) is 83.0 Å². The lowest BCUT2D eigenvalue weighted by atomic mass is 10.0. The van der Waals surface area contributed by atoms with Crippen molar-refractivity contribution >= 4 is 45.9 Å². The van der Waals surface area contributed by atoms with Gasteiger partial charge in [-0.2, -0.15) is 0 Å². The predicted octanol–water partition coefficient (Wildman–Crippen LogP) is 3.45. The summed E-state index contributed by atoms with van der Waals surface area (Å²) in [5.41, 5.74) is -0.204. The molecule has 0 spiro atoms. The van der Waals surface area contributed by atoms with E-state index in [0.717, 1.165) is 47.8 Å². The van der Waals surface area contributed by atoms with Crippen LogP contribution in [0.25, 0.3) is 0 Å². The molecule has 0 saturated carbocycles. The number of carbonyl (C=O) groups is 3. The number of aromatic nitrogens is 1. The number of nitrogens with one attached hydrogen (secondary N) is 1. The van der Waals surface area contributed by atoms with E-state index < -0.39 is 23.7 Å². The Kier molecular flexibility index (Phi) is 8.08. The number of thioether (sulfide) groups is 1. The second-order valence-corrected chi connectivity index (χ2v) is 11.0. The van der Waals surface area contributed by atoms with Crippen molar-refractivity contribution in [2.24, 2.45) is 4.99 Å². The van der Waals surface area contributed by atoms with E-state index in [1.54, 1.807) is 4.90 Å². The van der Waals surface area contributed by atoms with Gasteiger partial charge in [0.05, 0.1) is 13.0 Å². The Morgan fingerprint density at radius 2 is 2.18 bits per heavy atom. The number of rotatable bonds is 5. The number of unbranched alkanes of at least 4 members (excludes halogenated alkanes) is 3. The maximum absolute atomic E-state index is 13.5. The van der Waals surface area contributed by atoms with Crippen molar-refractivity contribution < 1.29 is 19.1 Å². The summed E-state index contributed by atoms with van der Waals surface area (Å²) in [5, 5.41) is 6.29. The van der Waals surface area contributed by atoms with Crippen molar-refractivity contribution in [3.63, 3.8) is 0 Å². The van der Waals surface area contributed by atoms with Gasteiger partial charge < -0.3 is 15.0 Å². The minimum absolute atomic E-state index is 0.0369. The highest BCUT2D eigenvalue weighted by Crippen LogP contribution is 2.35. The molecule has 4 bridgehead atoms. The Morgan fingerprint density at radius 1 is 1.32 bits per heavy atom. The minimum Gasteiger partial charge on any atom is -0.456 e. The van der Waals surface area contributed by atoms with Gasteiger partial charge in [-0.15, -0.1) is 23.1 Å². The summed E-state index contributed by atoms with van der Waals surface area (Å²) >= 11 is 2.96. The molecular formula is C24H32N4O4S2. The molecule has 1 fully saturated rings. The number of fused-ring (bicyclic) bond motifs is 5. The second-order valence-electron chi connectivity index (χ2n) is 9.14. The van der Waals surface area contributed by atoms with E-state index in [0.29, 0.717) is 25.3 Å². The van der Waals surface area contributed by atoms with Crippen LogP contribution in [-0.4, -0.2) is 62.7 Å². The summed E-state index contributed by atoms with van der Waals surface area (Å²) in [6.07, 6.45) is 8.63. The van der Waals surface area contributed by atoms with Crippen molar-refractivity contribution in [1.29, 1.82) is 0 Å². The lowest BCUT2D eigenvalue weighted by Gasteiger charge is -2.30. The number of thiazole rings is 1. The van der Waals surface area contributed by atoms with Gasteiger partial charge in [0, 0.05) is 17.7 Å². The van der Waals surface area contributed by atoms with E-state index in [9.17, 15) is 14.4 Å². The molecular weight excluding hydrogens is 472 g/mol. The number of amides is 2. The van der Waals surface area contributed by atoms with Gasteiger partial charge in [0.15, 0.2) is 0 Å².